The Balaban J connectivity index is 0.00000121. The number of ketones is 1. The molecule has 5 heteroatoms. The summed E-state index contributed by atoms with van der Waals surface area (Å²) in [5.41, 5.74) is 5.04. The van der Waals surface area contributed by atoms with E-state index in [1.54, 1.807) is 0 Å². The minimum absolute atomic E-state index is 0. The third-order valence-electron chi connectivity index (χ3n) is 1.26. The maximum Gasteiger partial charge on any atom is 0.179 e. The van der Waals surface area contributed by atoms with Crippen LogP contribution in [0.15, 0.2) is 18.5 Å². The van der Waals surface area contributed by atoms with Crippen LogP contribution < -0.4 is 5.73 Å². The maximum atomic E-state index is 12.7. The molecule has 0 unspecified atom stereocenters. The van der Waals surface area contributed by atoms with Crippen LogP contribution in [0.5, 0.6) is 0 Å². The largest absolute Gasteiger partial charge is 0.324 e. The first-order valence-electron chi connectivity index (χ1n) is 3.08. The molecular weight excluding hydrogens is 183 g/mol. The highest BCUT2D eigenvalue weighted by Crippen LogP contribution is 2.03. The molecule has 0 saturated carbocycles. The number of nitrogens with zero attached hydrogens (tertiary/aromatic N) is 1. The molecule has 0 aliphatic rings. The first-order valence-corrected chi connectivity index (χ1v) is 3.08. The number of halogens is 2. The Labute approximate surface area is 75.2 Å². The number of carbonyl (C=O) groups excluding carboxylic acids is 1. The van der Waals surface area contributed by atoms with Crippen LogP contribution in [0.1, 0.15) is 10.4 Å². The van der Waals surface area contributed by atoms with Gasteiger partial charge >= 0.3 is 0 Å². The normalized spacial score (nSPS) is 8.83. The van der Waals surface area contributed by atoms with E-state index in [1.807, 2.05) is 0 Å². The number of nitrogens with two attached hydrogens (primary N) is 1. The number of hydrogen-bond acceptors (Lipinski definition) is 3. The monoisotopic (exact) mass is 190 g/mol. The third-order valence-corrected chi connectivity index (χ3v) is 1.26. The number of aromatic nitrogens is 1. The molecule has 0 bridgehead atoms. The zero-order chi connectivity index (χ0) is 8.27. The second kappa shape index (κ2) is 4.79. The summed E-state index contributed by atoms with van der Waals surface area (Å²) in [7, 11) is 0. The van der Waals surface area contributed by atoms with Gasteiger partial charge in [0, 0.05) is 6.20 Å². The summed E-state index contributed by atoms with van der Waals surface area (Å²) in [6.07, 6.45) is 2.34. The van der Waals surface area contributed by atoms with E-state index in [0.717, 1.165) is 6.20 Å². The van der Waals surface area contributed by atoms with Crippen molar-refractivity contribution < 1.29 is 9.18 Å². The van der Waals surface area contributed by atoms with Gasteiger partial charge in [-0.15, -0.1) is 12.4 Å². The summed E-state index contributed by atoms with van der Waals surface area (Å²) in [6.45, 7) is -0.180. The minimum atomic E-state index is -0.622. The van der Waals surface area contributed by atoms with E-state index in [1.165, 1.54) is 12.3 Å². The molecule has 0 saturated heterocycles. The molecule has 1 aromatic rings. The Morgan fingerprint density at radius 2 is 2.33 bits per heavy atom. The van der Waals surface area contributed by atoms with Crippen LogP contribution in [0, 0.1) is 5.82 Å². The van der Waals surface area contributed by atoms with E-state index in [2.05, 4.69) is 4.98 Å². The summed E-state index contributed by atoms with van der Waals surface area (Å²) in [6, 6.07) is 1.31. The maximum absolute atomic E-state index is 12.7. The predicted molar refractivity (Wildman–Crippen MR) is 44.8 cm³/mol. The van der Waals surface area contributed by atoms with Crippen molar-refractivity contribution in [2.45, 2.75) is 0 Å². The second-order valence-electron chi connectivity index (χ2n) is 1.98. The van der Waals surface area contributed by atoms with Gasteiger partial charge in [-0.1, -0.05) is 0 Å². The lowest BCUT2D eigenvalue weighted by Crippen LogP contribution is -2.15. The van der Waals surface area contributed by atoms with Crippen LogP contribution in [0.2, 0.25) is 0 Å². The molecule has 0 spiro atoms. The number of Topliss-reactive ketones (excluding diaryl/α,β-unsaturated/α-hetero) is 1. The number of rotatable bonds is 2. The van der Waals surface area contributed by atoms with Gasteiger partial charge in [-0.25, -0.2) is 4.39 Å². The van der Waals surface area contributed by atoms with Crippen molar-refractivity contribution >= 4 is 18.2 Å². The highest BCUT2D eigenvalue weighted by atomic mass is 35.5. The van der Waals surface area contributed by atoms with E-state index in [0.29, 0.717) is 0 Å². The summed E-state index contributed by atoms with van der Waals surface area (Å²) in [5, 5.41) is 0. The average Bonchev–Trinajstić information content (AvgIpc) is 2.04. The van der Waals surface area contributed by atoms with E-state index in [4.69, 9.17) is 5.73 Å². The van der Waals surface area contributed by atoms with Crippen LogP contribution in [-0.2, 0) is 0 Å². The van der Waals surface area contributed by atoms with Crippen molar-refractivity contribution in [1.82, 2.24) is 4.98 Å². The molecule has 3 nitrogen and oxygen atoms in total. The van der Waals surface area contributed by atoms with E-state index >= 15 is 0 Å². The van der Waals surface area contributed by atoms with Crippen molar-refractivity contribution in [1.29, 1.82) is 0 Å². The summed E-state index contributed by atoms with van der Waals surface area (Å²) < 4.78 is 12.7. The predicted octanol–water partition coefficient (Wildman–Crippen LogP) is 0.784. The number of pyridine rings is 1. The third kappa shape index (κ3) is 2.25. The lowest BCUT2D eigenvalue weighted by molar-refractivity contribution is 0.0997. The molecule has 1 heterocycles. The standard InChI is InChI=1S/C7H7FN2O.ClH/c8-6-4-10-2-1-5(6)7(11)3-9;/h1-2,4H,3,9H2;1H. The van der Waals surface area contributed by atoms with Gasteiger partial charge in [0.15, 0.2) is 11.6 Å². The fourth-order valence-corrected chi connectivity index (χ4v) is 0.711. The quantitative estimate of drug-likeness (QED) is 0.702. The number of carbonyl (C=O) groups is 1. The van der Waals surface area contributed by atoms with Gasteiger partial charge in [0.2, 0.25) is 0 Å². The smallest absolute Gasteiger partial charge is 0.179 e. The van der Waals surface area contributed by atoms with Crippen LogP contribution in [0.4, 0.5) is 4.39 Å². The summed E-state index contributed by atoms with van der Waals surface area (Å²) in [5.74, 6) is -1.03. The molecule has 12 heavy (non-hydrogen) atoms. The molecule has 0 atom stereocenters. The average molecular weight is 191 g/mol. The molecule has 0 amide bonds. The fraction of sp³-hybridized carbons (Fsp3) is 0.143. The van der Waals surface area contributed by atoms with Gasteiger partial charge in [0.05, 0.1) is 18.3 Å². The molecule has 0 fully saturated rings. The minimum Gasteiger partial charge on any atom is -0.324 e. The van der Waals surface area contributed by atoms with E-state index in [-0.39, 0.29) is 24.5 Å². The van der Waals surface area contributed by atoms with Gasteiger partial charge in [-0.3, -0.25) is 9.78 Å². The van der Waals surface area contributed by atoms with Crippen LogP contribution >= 0.6 is 12.4 Å². The first-order chi connectivity index (χ1) is 5.25. The van der Waals surface area contributed by atoms with Gasteiger partial charge in [-0.05, 0) is 6.07 Å². The Bertz CT molecular complexity index is 280. The van der Waals surface area contributed by atoms with Gasteiger partial charge < -0.3 is 5.73 Å². The second-order valence-corrected chi connectivity index (χ2v) is 1.98. The Hall–Kier alpha value is -1.00. The molecule has 0 aliphatic heterocycles. The Morgan fingerprint density at radius 1 is 1.67 bits per heavy atom. The Kier molecular flexibility index (Phi) is 4.39. The zero-order valence-corrected chi connectivity index (χ0v) is 6.97. The van der Waals surface area contributed by atoms with Crippen molar-refractivity contribution in [3.05, 3.63) is 29.8 Å². The fourth-order valence-electron chi connectivity index (χ4n) is 0.711. The molecular formula is C7H8ClFN2O. The lowest BCUT2D eigenvalue weighted by atomic mass is 10.2. The zero-order valence-electron chi connectivity index (χ0n) is 6.16. The van der Waals surface area contributed by atoms with Gasteiger partial charge in [0.1, 0.15) is 0 Å². The van der Waals surface area contributed by atoms with Crippen molar-refractivity contribution in [3.63, 3.8) is 0 Å². The Morgan fingerprint density at radius 3 is 2.83 bits per heavy atom. The molecule has 66 valence electrons. The molecule has 2 N–H and O–H groups in total. The molecule has 1 aromatic heterocycles. The summed E-state index contributed by atoms with van der Waals surface area (Å²) in [4.78, 5) is 14.3. The molecule has 0 radical (unpaired) electrons. The molecule has 1 rings (SSSR count). The van der Waals surface area contributed by atoms with Crippen molar-refractivity contribution in [2.24, 2.45) is 5.73 Å². The first kappa shape index (κ1) is 11.0. The van der Waals surface area contributed by atoms with Crippen LogP contribution in [-0.4, -0.2) is 17.3 Å². The SMILES string of the molecule is Cl.NCC(=O)c1ccncc1F. The summed E-state index contributed by atoms with van der Waals surface area (Å²) >= 11 is 0. The highest BCUT2D eigenvalue weighted by molar-refractivity contribution is 5.97. The van der Waals surface area contributed by atoms with Crippen molar-refractivity contribution in [2.75, 3.05) is 6.54 Å². The lowest BCUT2D eigenvalue weighted by Gasteiger charge is -1.96. The highest BCUT2D eigenvalue weighted by Gasteiger charge is 2.07. The van der Waals surface area contributed by atoms with Gasteiger partial charge in [0.25, 0.3) is 0 Å². The van der Waals surface area contributed by atoms with Crippen molar-refractivity contribution in [3.8, 4) is 0 Å². The van der Waals surface area contributed by atoms with Crippen LogP contribution in [0.25, 0.3) is 0 Å². The number of hydrogen-bond donors (Lipinski definition) is 1. The van der Waals surface area contributed by atoms with Crippen LogP contribution in [0.3, 0.4) is 0 Å². The van der Waals surface area contributed by atoms with E-state index in [9.17, 15) is 9.18 Å². The van der Waals surface area contributed by atoms with Gasteiger partial charge in [-0.2, -0.15) is 0 Å². The molecule has 0 aromatic carbocycles. The molecule has 0 aliphatic carbocycles. The van der Waals surface area contributed by atoms with E-state index < -0.39 is 11.6 Å². The topological polar surface area (TPSA) is 56.0 Å².